The summed E-state index contributed by atoms with van der Waals surface area (Å²) in [4.78, 5) is 41.9. The number of nitrogens with one attached hydrogen (secondary N) is 1. The first-order valence-corrected chi connectivity index (χ1v) is 9.93. The second-order valence-corrected chi connectivity index (χ2v) is 7.30. The van der Waals surface area contributed by atoms with E-state index in [1.165, 1.54) is 25.4 Å². The number of methoxy groups -OCH3 is 1. The Morgan fingerprint density at radius 2 is 2.03 bits per heavy atom. The van der Waals surface area contributed by atoms with Gasteiger partial charge in [-0.15, -0.1) is 0 Å². The number of cyclic esters (lactones) is 1. The van der Waals surface area contributed by atoms with Crippen LogP contribution >= 0.6 is 0 Å². The number of carbonyl (C=O) groups is 3. The lowest BCUT2D eigenvalue weighted by Crippen LogP contribution is -2.34. The Morgan fingerprint density at radius 3 is 2.69 bits per heavy atom. The average molecular weight is 446 g/mol. The largest absolute Gasteiger partial charge is 0.453 e. The monoisotopic (exact) mass is 446 g/mol. The van der Waals surface area contributed by atoms with Crippen molar-refractivity contribution < 1.29 is 32.6 Å². The van der Waals surface area contributed by atoms with E-state index in [-0.39, 0.29) is 30.2 Å². The summed E-state index contributed by atoms with van der Waals surface area (Å²) in [6.07, 6.45) is 0.292. The molecule has 1 N–H and O–H groups in total. The summed E-state index contributed by atoms with van der Waals surface area (Å²) in [6, 6.07) is 5.77. The zero-order chi connectivity index (χ0) is 22.8. The second kappa shape index (κ2) is 8.77. The zero-order valence-corrected chi connectivity index (χ0v) is 17.1. The van der Waals surface area contributed by atoms with Gasteiger partial charge in [-0.05, 0) is 30.7 Å². The van der Waals surface area contributed by atoms with Gasteiger partial charge in [0.15, 0.2) is 11.6 Å². The summed E-state index contributed by atoms with van der Waals surface area (Å²) in [7, 11) is 1.19. The molecule has 2 fully saturated rings. The molecule has 1 aromatic carbocycles. The molecule has 2 aliphatic rings. The molecule has 2 aliphatic heterocycles. The highest BCUT2D eigenvalue weighted by molar-refractivity contribution is 5.94. The highest BCUT2D eigenvalue weighted by Gasteiger charge is 2.35. The molecule has 0 aliphatic carbocycles. The number of ether oxygens (including phenoxy) is 2. The van der Waals surface area contributed by atoms with Gasteiger partial charge >= 0.3 is 12.2 Å². The number of halogens is 2. The minimum atomic E-state index is -1.21. The number of hydrogen-bond donors (Lipinski definition) is 1. The minimum Gasteiger partial charge on any atom is -0.453 e. The first-order valence-electron chi connectivity index (χ1n) is 9.93. The maximum Gasteiger partial charge on any atom is 0.414 e. The Balaban J connectivity index is 1.52. The quantitative estimate of drug-likeness (QED) is 0.758. The van der Waals surface area contributed by atoms with Gasteiger partial charge in [0.05, 0.1) is 25.9 Å². The molecular formula is C21H20F2N4O5. The number of alkyl carbamates (subject to hydrolysis) is 1. The summed E-state index contributed by atoms with van der Waals surface area (Å²) in [5, 5.41) is 2.39. The topological polar surface area (TPSA) is 101 Å². The van der Waals surface area contributed by atoms with Crippen LogP contribution in [-0.2, 0) is 14.3 Å². The normalized spacial score (nSPS) is 18.2. The predicted octanol–water partition coefficient (Wildman–Crippen LogP) is 2.83. The van der Waals surface area contributed by atoms with Crippen molar-refractivity contribution in [3.63, 3.8) is 0 Å². The van der Waals surface area contributed by atoms with Crippen LogP contribution in [0.25, 0.3) is 11.1 Å². The van der Waals surface area contributed by atoms with Crippen LogP contribution in [0.4, 0.5) is 29.9 Å². The van der Waals surface area contributed by atoms with Gasteiger partial charge in [0.2, 0.25) is 5.91 Å². The number of aromatic nitrogens is 1. The van der Waals surface area contributed by atoms with Crippen molar-refractivity contribution in [3.8, 4) is 11.1 Å². The van der Waals surface area contributed by atoms with Gasteiger partial charge in [0, 0.05) is 30.3 Å². The predicted molar refractivity (Wildman–Crippen MR) is 109 cm³/mol. The van der Waals surface area contributed by atoms with E-state index in [9.17, 15) is 23.2 Å². The van der Waals surface area contributed by atoms with Crippen LogP contribution in [-0.4, -0.2) is 55.9 Å². The van der Waals surface area contributed by atoms with Crippen LogP contribution in [0.15, 0.2) is 30.5 Å². The number of rotatable bonds is 5. The molecule has 3 amide bonds. The number of carbonyl (C=O) groups excluding carboxylic acids is 3. The average Bonchev–Trinajstić information content (AvgIpc) is 3.39. The van der Waals surface area contributed by atoms with Crippen molar-refractivity contribution in [2.45, 2.75) is 18.9 Å². The zero-order valence-electron chi connectivity index (χ0n) is 17.1. The molecule has 1 atom stereocenters. The van der Waals surface area contributed by atoms with Gasteiger partial charge in [-0.3, -0.25) is 14.6 Å². The third-order valence-electron chi connectivity index (χ3n) is 5.30. The highest BCUT2D eigenvalue weighted by Crippen LogP contribution is 2.33. The first kappa shape index (κ1) is 21.5. The molecular weight excluding hydrogens is 426 g/mol. The molecule has 3 heterocycles. The van der Waals surface area contributed by atoms with Crippen molar-refractivity contribution in [1.29, 1.82) is 0 Å². The van der Waals surface area contributed by atoms with Crippen LogP contribution in [0.5, 0.6) is 0 Å². The molecule has 1 aromatic heterocycles. The van der Waals surface area contributed by atoms with E-state index in [1.807, 2.05) is 0 Å². The van der Waals surface area contributed by atoms with Crippen molar-refractivity contribution in [1.82, 2.24) is 10.3 Å². The fourth-order valence-corrected chi connectivity index (χ4v) is 3.66. The van der Waals surface area contributed by atoms with E-state index in [4.69, 9.17) is 4.74 Å². The lowest BCUT2D eigenvalue weighted by atomic mass is 10.1. The van der Waals surface area contributed by atoms with E-state index in [0.717, 1.165) is 11.3 Å². The SMILES string of the molecule is COC(=O)NC[C@H]1CN(c2ccc(-c3ccc(N4CCCC4=O)nc3)c(F)c2F)C(=O)O1. The van der Waals surface area contributed by atoms with E-state index in [1.54, 1.807) is 17.0 Å². The van der Waals surface area contributed by atoms with Gasteiger partial charge in [0.1, 0.15) is 11.9 Å². The fraction of sp³-hybridized carbons (Fsp3) is 0.333. The highest BCUT2D eigenvalue weighted by atomic mass is 19.2. The number of amides is 3. The van der Waals surface area contributed by atoms with Crippen molar-refractivity contribution in [2.75, 3.05) is 36.5 Å². The molecule has 0 radical (unpaired) electrons. The Labute approximate surface area is 181 Å². The maximum absolute atomic E-state index is 14.9. The van der Waals surface area contributed by atoms with Crippen LogP contribution in [0.2, 0.25) is 0 Å². The Hall–Kier alpha value is -3.76. The van der Waals surface area contributed by atoms with Gasteiger partial charge in [-0.2, -0.15) is 0 Å². The molecule has 0 unspecified atom stereocenters. The second-order valence-electron chi connectivity index (χ2n) is 7.30. The number of benzene rings is 1. The Kier molecular flexibility index (Phi) is 5.89. The first-order chi connectivity index (χ1) is 15.4. The van der Waals surface area contributed by atoms with E-state index in [0.29, 0.717) is 24.3 Å². The summed E-state index contributed by atoms with van der Waals surface area (Å²) < 4.78 is 39.3. The summed E-state index contributed by atoms with van der Waals surface area (Å²) in [5.41, 5.74) is 0.0195. The minimum absolute atomic E-state index is 0.0237. The molecule has 0 saturated carbocycles. The number of pyridine rings is 1. The van der Waals surface area contributed by atoms with Crippen molar-refractivity contribution >= 4 is 29.6 Å². The van der Waals surface area contributed by atoms with Crippen molar-refractivity contribution in [2.24, 2.45) is 0 Å². The van der Waals surface area contributed by atoms with Gasteiger partial charge in [-0.1, -0.05) is 0 Å². The third-order valence-corrected chi connectivity index (χ3v) is 5.30. The molecule has 2 saturated heterocycles. The van der Waals surface area contributed by atoms with Gasteiger partial charge in [-0.25, -0.2) is 23.4 Å². The van der Waals surface area contributed by atoms with E-state index in [2.05, 4.69) is 15.0 Å². The molecule has 32 heavy (non-hydrogen) atoms. The van der Waals surface area contributed by atoms with Crippen LogP contribution < -0.4 is 15.1 Å². The molecule has 9 nitrogen and oxygen atoms in total. The lowest BCUT2D eigenvalue weighted by molar-refractivity contribution is -0.117. The third kappa shape index (κ3) is 4.05. The van der Waals surface area contributed by atoms with E-state index < -0.39 is 29.9 Å². The number of anilines is 2. The molecule has 4 rings (SSSR count). The van der Waals surface area contributed by atoms with Crippen molar-refractivity contribution in [3.05, 3.63) is 42.1 Å². The Bertz CT molecular complexity index is 1060. The molecule has 2 aromatic rings. The van der Waals surface area contributed by atoms with E-state index >= 15 is 0 Å². The molecule has 0 bridgehead atoms. The molecule has 11 heteroatoms. The maximum atomic E-state index is 14.9. The smallest absolute Gasteiger partial charge is 0.414 e. The summed E-state index contributed by atoms with van der Waals surface area (Å²) >= 11 is 0. The standard InChI is InChI=1S/C21H20F2N4O5/c1-31-20(29)25-10-13-11-27(21(30)32-13)15-6-5-14(18(22)19(15)23)12-4-7-16(24-9-12)26-8-2-3-17(26)28/h4-7,9,13H,2-3,8,10-11H2,1H3,(H,25,29)/t13-/m0/s1. The number of nitrogens with zero attached hydrogens (tertiary/aromatic N) is 3. The molecule has 168 valence electrons. The van der Waals surface area contributed by atoms with Gasteiger partial charge in [0.25, 0.3) is 0 Å². The van der Waals surface area contributed by atoms with Crippen LogP contribution in [0.3, 0.4) is 0 Å². The summed E-state index contributed by atoms with van der Waals surface area (Å²) in [6.45, 7) is 0.470. The van der Waals surface area contributed by atoms with Crippen LogP contribution in [0, 0.1) is 11.6 Å². The lowest BCUT2D eigenvalue weighted by Gasteiger charge is -2.17. The fourth-order valence-electron chi connectivity index (χ4n) is 3.66. The summed E-state index contributed by atoms with van der Waals surface area (Å²) in [5.74, 6) is -1.91. The van der Waals surface area contributed by atoms with Gasteiger partial charge < -0.3 is 14.8 Å². The van der Waals surface area contributed by atoms with Crippen LogP contribution in [0.1, 0.15) is 12.8 Å². The Morgan fingerprint density at radius 1 is 1.22 bits per heavy atom. The molecule has 0 spiro atoms. The number of hydrogen-bond acceptors (Lipinski definition) is 6.